The first-order valence-corrected chi connectivity index (χ1v) is 15.9. The van der Waals surface area contributed by atoms with Crippen molar-refractivity contribution in [3.63, 3.8) is 0 Å². The summed E-state index contributed by atoms with van der Waals surface area (Å²) in [5.41, 5.74) is 0.697. The lowest BCUT2D eigenvalue weighted by atomic mass is 9.44. The van der Waals surface area contributed by atoms with E-state index in [9.17, 15) is 13.5 Å². The molecule has 1 heterocycles. The van der Waals surface area contributed by atoms with Crippen LogP contribution in [-0.2, 0) is 19.0 Å². The second-order valence-corrected chi connectivity index (χ2v) is 15.3. The molecule has 1 aliphatic heterocycles. The number of aliphatic hydroxyl groups excluding tert-OH is 1. The molecule has 0 amide bonds. The van der Waals surface area contributed by atoms with Gasteiger partial charge in [0.25, 0.3) is 10.1 Å². The summed E-state index contributed by atoms with van der Waals surface area (Å²) in [6.45, 7) is 10.0. The van der Waals surface area contributed by atoms with Gasteiger partial charge >= 0.3 is 0 Å². The molecule has 196 valence electrons. The molecule has 4 saturated carbocycles. The van der Waals surface area contributed by atoms with Gasteiger partial charge in [0.05, 0.1) is 25.1 Å². The molecule has 11 atom stereocenters. The Labute approximate surface area is 207 Å². The molecule has 5 unspecified atom stereocenters. The molecule has 1 N–H and O–H groups in total. The van der Waals surface area contributed by atoms with Crippen molar-refractivity contribution in [1.82, 2.24) is 0 Å². The third-order valence-corrected chi connectivity index (χ3v) is 12.3. The van der Waals surface area contributed by atoms with Crippen LogP contribution in [0.3, 0.4) is 0 Å². The fraction of sp³-hybridized carbons (Fsp3) is 1.00. The van der Waals surface area contributed by atoms with Gasteiger partial charge in [-0.15, -0.1) is 0 Å². The van der Waals surface area contributed by atoms with Crippen molar-refractivity contribution in [2.45, 2.75) is 116 Å². The molecule has 34 heavy (non-hydrogen) atoms. The standard InChI is InChI=1S/C28H48O5S/c1-18(17-32-34(5,30)31)7-6-8-19(2)22-9-10-23-21-15-25-28(33-25)16-20(29)11-14-27(28,4)24(21)12-13-26(22,23)3/h18-25,29H,6-17H2,1-5H3/t18?,19?,20-,21?,22+,23?,24?,25+,26+,27+,28+/m0/s1. The summed E-state index contributed by atoms with van der Waals surface area (Å²) in [6.07, 6.45) is 14.4. The summed E-state index contributed by atoms with van der Waals surface area (Å²) in [4.78, 5) is 0. The molecule has 4 aliphatic carbocycles. The molecule has 1 saturated heterocycles. The second-order valence-electron chi connectivity index (χ2n) is 13.7. The zero-order valence-electron chi connectivity index (χ0n) is 22.1. The number of hydrogen-bond donors (Lipinski definition) is 1. The Bertz CT molecular complexity index is 874. The zero-order chi connectivity index (χ0) is 24.5. The van der Waals surface area contributed by atoms with Crippen LogP contribution in [0.5, 0.6) is 0 Å². The molecule has 0 radical (unpaired) electrons. The van der Waals surface area contributed by atoms with Crippen molar-refractivity contribution in [2.75, 3.05) is 12.9 Å². The predicted molar refractivity (Wildman–Crippen MR) is 134 cm³/mol. The van der Waals surface area contributed by atoms with Crippen molar-refractivity contribution in [1.29, 1.82) is 0 Å². The van der Waals surface area contributed by atoms with E-state index in [0.29, 0.717) is 18.1 Å². The lowest BCUT2D eigenvalue weighted by molar-refractivity contribution is -0.116. The van der Waals surface area contributed by atoms with Gasteiger partial charge in [0.1, 0.15) is 5.60 Å². The number of rotatable bonds is 8. The highest BCUT2D eigenvalue weighted by Gasteiger charge is 2.76. The molecule has 5 rings (SSSR count). The molecular weight excluding hydrogens is 448 g/mol. The normalized spacial score (nSPS) is 49.4. The lowest BCUT2D eigenvalue weighted by Gasteiger charge is -2.59. The maximum Gasteiger partial charge on any atom is 0.264 e. The fourth-order valence-electron chi connectivity index (χ4n) is 9.95. The van der Waals surface area contributed by atoms with Gasteiger partial charge in [-0.05, 0) is 92.3 Å². The van der Waals surface area contributed by atoms with Crippen LogP contribution >= 0.6 is 0 Å². The molecule has 0 aromatic carbocycles. The Balaban J connectivity index is 1.20. The monoisotopic (exact) mass is 496 g/mol. The van der Waals surface area contributed by atoms with Crippen LogP contribution < -0.4 is 0 Å². The van der Waals surface area contributed by atoms with E-state index in [1.807, 2.05) is 0 Å². The van der Waals surface area contributed by atoms with E-state index in [1.165, 1.54) is 38.5 Å². The van der Waals surface area contributed by atoms with Crippen LogP contribution in [0.2, 0.25) is 0 Å². The minimum absolute atomic E-state index is 0.0115. The molecular formula is C28H48O5S. The Morgan fingerprint density at radius 1 is 1.06 bits per heavy atom. The van der Waals surface area contributed by atoms with E-state index in [-0.39, 0.29) is 23.0 Å². The van der Waals surface area contributed by atoms with E-state index in [2.05, 4.69) is 27.7 Å². The quantitative estimate of drug-likeness (QED) is 0.352. The molecule has 5 fully saturated rings. The van der Waals surface area contributed by atoms with Gasteiger partial charge in [0.2, 0.25) is 0 Å². The van der Waals surface area contributed by atoms with Gasteiger partial charge in [-0.2, -0.15) is 8.42 Å². The van der Waals surface area contributed by atoms with Gasteiger partial charge in [-0.1, -0.05) is 40.5 Å². The third-order valence-electron chi connectivity index (χ3n) is 11.7. The van der Waals surface area contributed by atoms with Crippen LogP contribution in [0.15, 0.2) is 0 Å². The fourth-order valence-corrected chi connectivity index (χ4v) is 10.4. The number of ether oxygens (including phenoxy) is 1. The van der Waals surface area contributed by atoms with Gasteiger partial charge in [0, 0.05) is 11.8 Å². The smallest absolute Gasteiger partial charge is 0.264 e. The van der Waals surface area contributed by atoms with Gasteiger partial charge in [0.15, 0.2) is 0 Å². The van der Waals surface area contributed by atoms with Crippen LogP contribution in [0.25, 0.3) is 0 Å². The molecule has 1 spiro atoms. The second kappa shape index (κ2) is 8.70. The van der Waals surface area contributed by atoms with Crippen molar-refractivity contribution in [3.05, 3.63) is 0 Å². The highest BCUT2D eigenvalue weighted by molar-refractivity contribution is 7.85. The third kappa shape index (κ3) is 4.11. The summed E-state index contributed by atoms with van der Waals surface area (Å²) >= 11 is 0. The molecule has 5 aliphatic rings. The molecule has 0 aromatic rings. The molecule has 5 nitrogen and oxygen atoms in total. The van der Waals surface area contributed by atoms with Gasteiger partial charge in [-0.25, -0.2) is 0 Å². The van der Waals surface area contributed by atoms with E-state index in [0.717, 1.165) is 67.9 Å². The topological polar surface area (TPSA) is 76.1 Å². The molecule has 6 heteroatoms. The van der Waals surface area contributed by atoms with Crippen LogP contribution in [0.1, 0.15) is 98.3 Å². The van der Waals surface area contributed by atoms with Crippen molar-refractivity contribution in [2.24, 2.45) is 46.3 Å². The first kappa shape index (κ1) is 25.5. The van der Waals surface area contributed by atoms with E-state index in [1.54, 1.807) is 0 Å². The largest absolute Gasteiger partial charge is 0.393 e. The Hall–Kier alpha value is -0.170. The Morgan fingerprint density at radius 2 is 1.82 bits per heavy atom. The summed E-state index contributed by atoms with van der Waals surface area (Å²) < 4.78 is 34.0. The summed E-state index contributed by atoms with van der Waals surface area (Å²) in [7, 11) is -3.34. The lowest BCUT2D eigenvalue weighted by Crippen LogP contribution is -2.58. The zero-order valence-corrected chi connectivity index (χ0v) is 22.9. The van der Waals surface area contributed by atoms with E-state index in [4.69, 9.17) is 8.92 Å². The summed E-state index contributed by atoms with van der Waals surface area (Å²) in [6, 6.07) is 0. The van der Waals surface area contributed by atoms with Crippen molar-refractivity contribution < 1.29 is 22.4 Å². The molecule has 0 aromatic heterocycles. The summed E-state index contributed by atoms with van der Waals surface area (Å²) in [5, 5.41) is 10.4. The average Bonchev–Trinajstić information content (AvgIpc) is 3.32. The van der Waals surface area contributed by atoms with E-state index >= 15 is 0 Å². The maximum atomic E-state index is 11.3. The predicted octanol–water partition coefficient (Wildman–Crippen LogP) is 5.56. The van der Waals surface area contributed by atoms with Gasteiger partial charge < -0.3 is 9.84 Å². The number of epoxide rings is 1. The van der Waals surface area contributed by atoms with Crippen molar-refractivity contribution in [3.8, 4) is 0 Å². The van der Waals surface area contributed by atoms with Crippen LogP contribution in [0.4, 0.5) is 0 Å². The van der Waals surface area contributed by atoms with Crippen LogP contribution in [-0.4, -0.2) is 44.2 Å². The first-order valence-electron chi connectivity index (χ1n) is 14.1. The molecule has 0 bridgehead atoms. The first-order chi connectivity index (χ1) is 15.9. The minimum atomic E-state index is -3.34. The SMILES string of the molecule is CC(CCCC(C)[C@H]1CCC2C3C[C@H]4O[C@]45C[C@@H](O)CC[C@]5(C)C3CC[C@@]21C)COS(C)(=O)=O. The number of aliphatic hydroxyl groups is 1. The highest BCUT2D eigenvalue weighted by Crippen LogP contribution is 2.74. The Morgan fingerprint density at radius 3 is 2.56 bits per heavy atom. The van der Waals surface area contributed by atoms with Gasteiger partial charge in [-0.3, -0.25) is 4.18 Å². The van der Waals surface area contributed by atoms with E-state index < -0.39 is 10.1 Å². The highest BCUT2D eigenvalue weighted by atomic mass is 32.2. The van der Waals surface area contributed by atoms with Crippen LogP contribution in [0, 0.1) is 46.3 Å². The number of fused-ring (bicyclic) bond motifs is 4. The number of hydrogen-bond acceptors (Lipinski definition) is 5. The summed E-state index contributed by atoms with van der Waals surface area (Å²) in [5.74, 6) is 4.18. The van der Waals surface area contributed by atoms with Crippen molar-refractivity contribution >= 4 is 10.1 Å². The maximum absolute atomic E-state index is 11.3. The minimum Gasteiger partial charge on any atom is -0.393 e. The Kier molecular flexibility index (Phi) is 6.52. The average molecular weight is 497 g/mol.